The number of aromatic nitrogens is 5. The van der Waals surface area contributed by atoms with Crippen molar-refractivity contribution in [1.29, 1.82) is 0 Å². The zero-order valence-electron chi connectivity index (χ0n) is 32.9. The van der Waals surface area contributed by atoms with E-state index in [2.05, 4.69) is 156 Å². The van der Waals surface area contributed by atoms with Gasteiger partial charge >= 0.3 is 0 Å². The number of benzene rings is 9. The molecule has 5 heteroatoms. The second kappa shape index (κ2) is 14.2. The number of pyridine rings is 1. The second-order valence-electron chi connectivity index (χ2n) is 15.4. The number of para-hydroxylation sites is 2. The van der Waals surface area contributed by atoms with Crippen molar-refractivity contribution in [2.75, 3.05) is 0 Å². The van der Waals surface area contributed by atoms with Gasteiger partial charge in [0.25, 0.3) is 0 Å². The van der Waals surface area contributed by atoms with Crippen molar-refractivity contribution in [1.82, 2.24) is 24.5 Å². The summed E-state index contributed by atoms with van der Waals surface area (Å²) < 4.78 is 2.42. The Morgan fingerprint density at radius 1 is 0.295 bits per heavy atom. The van der Waals surface area contributed by atoms with Gasteiger partial charge in [-0.1, -0.05) is 176 Å². The van der Waals surface area contributed by atoms with Gasteiger partial charge in [0.1, 0.15) is 0 Å². The van der Waals surface area contributed by atoms with Gasteiger partial charge in [-0.05, 0) is 58.3 Å². The van der Waals surface area contributed by atoms with E-state index in [-0.39, 0.29) is 0 Å². The summed E-state index contributed by atoms with van der Waals surface area (Å²) in [5, 5.41) is 8.11. The van der Waals surface area contributed by atoms with Crippen LogP contribution < -0.4 is 0 Å². The molecule has 0 aliphatic heterocycles. The molecule has 0 bridgehead atoms. The van der Waals surface area contributed by atoms with Crippen LogP contribution >= 0.6 is 0 Å². The largest absolute Gasteiger partial charge is 0.309 e. The molecule has 5 nitrogen and oxygen atoms in total. The van der Waals surface area contributed by atoms with Crippen molar-refractivity contribution in [3.05, 3.63) is 212 Å². The van der Waals surface area contributed by atoms with E-state index < -0.39 is 0 Å². The fourth-order valence-corrected chi connectivity index (χ4v) is 9.06. The molecule has 3 heterocycles. The van der Waals surface area contributed by atoms with Gasteiger partial charge in [-0.25, -0.2) is 19.9 Å². The van der Waals surface area contributed by atoms with Crippen molar-refractivity contribution in [3.63, 3.8) is 0 Å². The Kier molecular flexibility index (Phi) is 8.10. The molecule has 61 heavy (non-hydrogen) atoms. The SMILES string of the molecule is c1ccc(-c2nc(-c3ccccc3)nc(-c3ccc(-c4ccc5c6c7c(ccc6n(-c6ccccc6)c5c4)c(-c4ccccc4)nc4ccccc47)c4ccccc34)n2)cc1. The summed E-state index contributed by atoms with van der Waals surface area (Å²) in [6.45, 7) is 0. The summed E-state index contributed by atoms with van der Waals surface area (Å²) in [6.07, 6.45) is 0. The lowest BCUT2D eigenvalue weighted by Crippen LogP contribution is -2.00. The van der Waals surface area contributed by atoms with Gasteiger partial charge in [0.2, 0.25) is 0 Å². The molecule has 0 amide bonds. The van der Waals surface area contributed by atoms with Gasteiger partial charge in [0.05, 0.1) is 22.2 Å². The minimum atomic E-state index is 0.638. The Morgan fingerprint density at radius 2 is 0.820 bits per heavy atom. The van der Waals surface area contributed by atoms with Crippen molar-refractivity contribution in [3.8, 4) is 62.2 Å². The van der Waals surface area contributed by atoms with Crippen LogP contribution in [0.3, 0.4) is 0 Å². The quantitative estimate of drug-likeness (QED) is 0.158. The van der Waals surface area contributed by atoms with Crippen LogP contribution in [0.1, 0.15) is 0 Å². The molecule has 0 saturated heterocycles. The molecule has 0 fully saturated rings. The number of nitrogens with zero attached hydrogens (tertiary/aromatic N) is 5. The van der Waals surface area contributed by atoms with E-state index in [1.165, 1.54) is 16.2 Å². The first-order chi connectivity index (χ1) is 30.3. The second-order valence-corrected chi connectivity index (χ2v) is 15.4. The van der Waals surface area contributed by atoms with Crippen molar-refractivity contribution >= 4 is 54.3 Å². The van der Waals surface area contributed by atoms with Gasteiger partial charge in [0, 0.05) is 54.9 Å². The Bertz CT molecular complexity index is 3560. The molecule has 12 rings (SSSR count). The van der Waals surface area contributed by atoms with Gasteiger partial charge < -0.3 is 4.57 Å². The highest BCUT2D eigenvalue weighted by atomic mass is 15.0. The predicted molar refractivity (Wildman–Crippen MR) is 252 cm³/mol. The monoisotopic (exact) mass is 777 g/mol. The average molecular weight is 778 g/mol. The first-order valence-electron chi connectivity index (χ1n) is 20.6. The lowest BCUT2D eigenvalue weighted by molar-refractivity contribution is 1.08. The van der Waals surface area contributed by atoms with Crippen LogP contribution in [-0.4, -0.2) is 24.5 Å². The molecule has 284 valence electrons. The van der Waals surface area contributed by atoms with Crippen LogP contribution in [0.5, 0.6) is 0 Å². The third-order valence-corrected chi connectivity index (χ3v) is 11.8. The molecule has 0 aliphatic rings. The maximum absolute atomic E-state index is 5.26. The molecule has 0 aliphatic carbocycles. The van der Waals surface area contributed by atoms with E-state index >= 15 is 0 Å². The van der Waals surface area contributed by atoms with E-state index in [1.54, 1.807) is 0 Å². The molecular formula is C56H35N5. The molecular weight excluding hydrogens is 743 g/mol. The maximum Gasteiger partial charge on any atom is 0.164 e. The smallest absolute Gasteiger partial charge is 0.164 e. The highest BCUT2D eigenvalue weighted by Crippen LogP contribution is 2.44. The molecule has 0 radical (unpaired) electrons. The number of hydrogen-bond donors (Lipinski definition) is 0. The first kappa shape index (κ1) is 34.7. The number of hydrogen-bond acceptors (Lipinski definition) is 4. The Labute approximate surface area is 351 Å². The number of rotatable bonds is 6. The Morgan fingerprint density at radius 3 is 1.49 bits per heavy atom. The van der Waals surface area contributed by atoms with Crippen LogP contribution in [0.15, 0.2) is 212 Å². The summed E-state index contributed by atoms with van der Waals surface area (Å²) in [5.74, 6) is 1.92. The molecule has 0 saturated carbocycles. The van der Waals surface area contributed by atoms with Crippen molar-refractivity contribution < 1.29 is 0 Å². The standard InChI is InChI=1S/C56H35N5/c1-5-17-36(18-6-1)53-47-33-34-49-52(51(47)45-27-15-16-28-48(45)57-53)46-30-29-39(35-50(46)61(49)40-23-11-4-12-24-40)41-31-32-44(43-26-14-13-25-42(41)43)56-59-54(37-19-7-2-8-20-37)58-55(60-56)38-21-9-3-10-22-38/h1-35H. The topological polar surface area (TPSA) is 56.5 Å². The van der Waals surface area contributed by atoms with Crippen LogP contribution in [0.4, 0.5) is 0 Å². The third kappa shape index (κ3) is 5.78. The minimum Gasteiger partial charge on any atom is -0.309 e. The maximum atomic E-state index is 5.26. The summed E-state index contributed by atoms with van der Waals surface area (Å²) in [4.78, 5) is 20.4. The van der Waals surface area contributed by atoms with Gasteiger partial charge in [0.15, 0.2) is 17.5 Å². The van der Waals surface area contributed by atoms with Gasteiger partial charge in [-0.15, -0.1) is 0 Å². The van der Waals surface area contributed by atoms with E-state index in [4.69, 9.17) is 19.9 Å². The molecule has 0 spiro atoms. The van der Waals surface area contributed by atoms with Gasteiger partial charge in [-0.2, -0.15) is 0 Å². The molecule has 3 aromatic heterocycles. The summed E-state index contributed by atoms with van der Waals surface area (Å²) in [6, 6.07) is 74.5. The van der Waals surface area contributed by atoms with E-state index in [9.17, 15) is 0 Å². The summed E-state index contributed by atoms with van der Waals surface area (Å²) in [5.41, 5.74) is 11.6. The zero-order chi connectivity index (χ0) is 40.3. The predicted octanol–water partition coefficient (Wildman–Crippen LogP) is 14.2. The summed E-state index contributed by atoms with van der Waals surface area (Å²) in [7, 11) is 0. The lowest BCUT2D eigenvalue weighted by atomic mass is 9.93. The van der Waals surface area contributed by atoms with Crippen molar-refractivity contribution in [2.24, 2.45) is 0 Å². The van der Waals surface area contributed by atoms with Crippen LogP contribution in [0.25, 0.3) is 116 Å². The zero-order valence-corrected chi connectivity index (χ0v) is 32.9. The fraction of sp³-hybridized carbons (Fsp3) is 0. The van der Waals surface area contributed by atoms with E-state index in [0.717, 1.165) is 82.9 Å². The van der Waals surface area contributed by atoms with Crippen LogP contribution in [0.2, 0.25) is 0 Å². The van der Waals surface area contributed by atoms with E-state index in [1.807, 2.05) is 60.7 Å². The minimum absolute atomic E-state index is 0.638. The molecule has 12 aromatic rings. The molecule has 0 unspecified atom stereocenters. The first-order valence-corrected chi connectivity index (χ1v) is 20.6. The van der Waals surface area contributed by atoms with Crippen LogP contribution in [0, 0.1) is 0 Å². The van der Waals surface area contributed by atoms with Crippen molar-refractivity contribution in [2.45, 2.75) is 0 Å². The fourth-order valence-electron chi connectivity index (χ4n) is 9.06. The number of fused-ring (bicyclic) bond motifs is 8. The Balaban J connectivity index is 1.10. The molecule has 0 atom stereocenters. The Hall–Kier alpha value is -8.28. The normalized spacial score (nSPS) is 11.6. The third-order valence-electron chi connectivity index (χ3n) is 11.8. The van der Waals surface area contributed by atoms with Crippen LogP contribution in [-0.2, 0) is 0 Å². The lowest BCUT2D eigenvalue weighted by Gasteiger charge is -2.14. The molecule has 9 aromatic carbocycles. The highest BCUT2D eigenvalue weighted by Gasteiger charge is 2.21. The van der Waals surface area contributed by atoms with E-state index in [0.29, 0.717) is 17.5 Å². The average Bonchev–Trinajstić information content (AvgIpc) is 3.68. The molecule has 0 N–H and O–H groups in total. The summed E-state index contributed by atoms with van der Waals surface area (Å²) >= 11 is 0. The highest BCUT2D eigenvalue weighted by molar-refractivity contribution is 6.29. The van der Waals surface area contributed by atoms with Gasteiger partial charge in [-0.3, -0.25) is 0 Å².